The Morgan fingerprint density at radius 1 is 1.39 bits per heavy atom. The van der Waals surface area contributed by atoms with Gasteiger partial charge in [0.1, 0.15) is 5.76 Å². The summed E-state index contributed by atoms with van der Waals surface area (Å²) in [6, 6.07) is 0. The van der Waals surface area contributed by atoms with Gasteiger partial charge in [0.25, 0.3) is 0 Å². The first-order valence-corrected chi connectivity index (χ1v) is 5.58. The fraction of sp³-hybridized carbons (Fsp3) is 0.231. The van der Waals surface area contributed by atoms with E-state index in [1.54, 1.807) is 38.4 Å². The third-order valence-electron chi connectivity index (χ3n) is 2.47. The van der Waals surface area contributed by atoms with Gasteiger partial charge in [-0.2, -0.15) is 0 Å². The van der Waals surface area contributed by atoms with Gasteiger partial charge >= 0.3 is 12.1 Å². The lowest BCUT2D eigenvalue weighted by atomic mass is 10.1. The van der Waals surface area contributed by atoms with E-state index in [2.05, 4.69) is 0 Å². The predicted octanol–water partition coefficient (Wildman–Crippen LogP) is 2.24. The zero-order chi connectivity index (χ0) is 13.1. The minimum absolute atomic E-state index is 0.324. The summed E-state index contributed by atoms with van der Waals surface area (Å²) in [4.78, 5) is 23.9. The first-order chi connectivity index (χ1) is 8.61. The van der Waals surface area contributed by atoms with Crippen LogP contribution in [0.1, 0.15) is 13.8 Å². The molecule has 94 valence electrons. The van der Waals surface area contributed by atoms with Gasteiger partial charge in [0.15, 0.2) is 0 Å². The van der Waals surface area contributed by atoms with Crippen LogP contribution in [-0.2, 0) is 14.3 Å². The van der Waals surface area contributed by atoms with Crippen LogP contribution in [0.25, 0.3) is 0 Å². The Balaban J connectivity index is 2.15. The Kier molecular flexibility index (Phi) is 3.32. The molecule has 1 amide bonds. The summed E-state index contributed by atoms with van der Waals surface area (Å²) < 4.78 is 9.92. The van der Waals surface area contributed by atoms with Crippen molar-refractivity contribution < 1.29 is 19.1 Å². The zero-order valence-electron chi connectivity index (χ0n) is 10.2. The Morgan fingerprint density at radius 2 is 2.06 bits per heavy atom. The Bertz CT molecular complexity index is 495. The summed E-state index contributed by atoms with van der Waals surface area (Å²) in [5.41, 5.74) is 1.52. The predicted molar refractivity (Wildman–Crippen MR) is 64.0 cm³/mol. The molecule has 0 bridgehead atoms. The highest BCUT2D eigenvalue weighted by Crippen LogP contribution is 2.25. The molecule has 0 fully saturated rings. The van der Waals surface area contributed by atoms with Gasteiger partial charge in [0.05, 0.1) is 6.61 Å². The van der Waals surface area contributed by atoms with Crippen LogP contribution in [0.15, 0.2) is 47.5 Å². The second-order valence-corrected chi connectivity index (χ2v) is 3.77. The number of esters is 1. The van der Waals surface area contributed by atoms with Gasteiger partial charge in [-0.15, -0.1) is 0 Å². The molecule has 0 radical (unpaired) electrons. The van der Waals surface area contributed by atoms with Crippen LogP contribution in [0, 0.1) is 0 Å². The molecule has 0 saturated heterocycles. The van der Waals surface area contributed by atoms with E-state index in [-0.39, 0.29) is 5.97 Å². The summed E-state index contributed by atoms with van der Waals surface area (Å²) in [6.45, 7) is 3.87. The van der Waals surface area contributed by atoms with Crippen molar-refractivity contribution in [3.63, 3.8) is 0 Å². The van der Waals surface area contributed by atoms with E-state index in [0.29, 0.717) is 12.4 Å². The molecule has 2 aliphatic rings. The largest absolute Gasteiger partial charge is 0.449 e. The smallest absolute Gasteiger partial charge is 0.417 e. The van der Waals surface area contributed by atoms with Crippen molar-refractivity contribution in [3.05, 3.63) is 47.5 Å². The second-order valence-electron chi connectivity index (χ2n) is 3.77. The third-order valence-corrected chi connectivity index (χ3v) is 2.47. The summed E-state index contributed by atoms with van der Waals surface area (Å²) in [5.74, 6) is 0.153. The highest BCUT2D eigenvalue weighted by molar-refractivity contribution is 5.88. The van der Waals surface area contributed by atoms with Gasteiger partial charge in [0, 0.05) is 24.0 Å². The SMILES string of the molecule is CCOC(=O)N1C=CC(=C2OC(=O)C=C2C)C=C1. The number of ether oxygens (including phenoxy) is 2. The number of cyclic esters (lactones) is 1. The molecular formula is C13H13NO4. The van der Waals surface area contributed by atoms with Gasteiger partial charge < -0.3 is 9.47 Å². The summed E-state index contributed by atoms with van der Waals surface area (Å²) >= 11 is 0. The molecule has 0 saturated carbocycles. The van der Waals surface area contributed by atoms with Crippen LogP contribution in [0.5, 0.6) is 0 Å². The first-order valence-electron chi connectivity index (χ1n) is 5.58. The first kappa shape index (κ1) is 12.2. The lowest BCUT2D eigenvalue weighted by Gasteiger charge is -2.16. The summed E-state index contributed by atoms with van der Waals surface area (Å²) in [5, 5.41) is 0. The number of allylic oxidation sites excluding steroid dienone is 4. The quantitative estimate of drug-likeness (QED) is 0.667. The molecule has 0 atom stereocenters. The van der Waals surface area contributed by atoms with E-state index < -0.39 is 6.09 Å². The molecule has 0 aromatic rings. The van der Waals surface area contributed by atoms with Crippen molar-refractivity contribution in [2.75, 3.05) is 6.61 Å². The third kappa shape index (κ3) is 2.34. The number of hydrogen-bond acceptors (Lipinski definition) is 4. The standard InChI is InChI=1S/C13H13NO4/c1-3-17-13(16)14-6-4-10(5-7-14)12-9(2)8-11(15)18-12/h4-8H,3H2,1-2H3. The zero-order valence-corrected chi connectivity index (χ0v) is 10.2. The molecular weight excluding hydrogens is 234 g/mol. The van der Waals surface area contributed by atoms with Crippen LogP contribution in [0.2, 0.25) is 0 Å². The lowest BCUT2D eigenvalue weighted by Crippen LogP contribution is -2.22. The van der Waals surface area contributed by atoms with Gasteiger partial charge in [0.2, 0.25) is 0 Å². The number of carbonyl (C=O) groups excluding carboxylic acids is 2. The molecule has 0 N–H and O–H groups in total. The fourth-order valence-electron chi connectivity index (χ4n) is 1.64. The molecule has 5 heteroatoms. The van der Waals surface area contributed by atoms with Crippen molar-refractivity contribution in [1.82, 2.24) is 4.90 Å². The molecule has 2 aliphatic heterocycles. The molecule has 0 aromatic heterocycles. The van der Waals surface area contributed by atoms with Gasteiger partial charge in [-0.25, -0.2) is 9.59 Å². The Morgan fingerprint density at radius 3 is 2.56 bits per heavy atom. The monoisotopic (exact) mass is 247 g/mol. The fourth-order valence-corrected chi connectivity index (χ4v) is 1.64. The Hall–Kier alpha value is -2.30. The Labute approximate surface area is 105 Å². The molecule has 0 unspecified atom stereocenters. The van der Waals surface area contributed by atoms with Crippen LogP contribution < -0.4 is 0 Å². The topological polar surface area (TPSA) is 55.8 Å². The molecule has 0 aromatic carbocycles. The van der Waals surface area contributed by atoms with Crippen molar-refractivity contribution in [2.24, 2.45) is 0 Å². The maximum absolute atomic E-state index is 11.4. The van der Waals surface area contributed by atoms with Gasteiger partial charge in [-0.1, -0.05) is 0 Å². The highest BCUT2D eigenvalue weighted by Gasteiger charge is 2.20. The van der Waals surface area contributed by atoms with Crippen molar-refractivity contribution in [1.29, 1.82) is 0 Å². The number of rotatable bonds is 1. The van der Waals surface area contributed by atoms with E-state index in [1.165, 1.54) is 11.0 Å². The van der Waals surface area contributed by atoms with E-state index in [1.807, 2.05) is 0 Å². The lowest BCUT2D eigenvalue weighted by molar-refractivity contribution is -0.132. The molecule has 5 nitrogen and oxygen atoms in total. The summed E-state index contributed by atoms with van der Waals surface area (Å²) in [6.07, 6.45) is 7.52. The van der Waals surface area contributed by atoms with E-state index in [0.717, 1.165) is 11.1 Å². The minimum atomic E-state index is -0.440. The van der Waals surface area contributed by atoms with Crippen LogP contribution in [0.4, 0.5) is 4.79 Å². The molecule has 2 heterocycles. The van der Waals surface area contributed by atoms with E-state index in [9.17, 15) is 9.59 Å². The number of amides is 1. The maximum atomic E-state index is 11.4. The van der Waals surface area contributed by atoms with Crippen LogP contribution in [-0.4, -0.2) is 23.6 Å². The second kappa shape index (κ2) is 4.91. The molecule has 2 rings (SSSR count). The minimum Gasteiger partial charge on any atom is -0.449 e. The van der Waals surface area contributed by atoms with Crippen LogP contribution in [0.3, 0.4) is 0 Å². The van der Waals surface area contributed by atoms with E-state index in [4.69, 9.17) is 9.47 Å². The van der Waals surface area contributed by atoms with E-state index >= 15 is 0 Å². The number of carbonyl (C=O) groups is 2. The maximum Gasteiger partial charge on any atom is 0.417 e. The average Bonchev–Trinajstić information content (AvgIpc) is 2.69. The molecule has 0 spiro atoms. The van der Waals surface area contributed by atoms with Crippen molar-refractivity contribution in [2.45, 2.75) is 13.8 Å². The molecule has 18 heavy (non-hydrogen) atoms. The number of nitrogens with zero attached hydrogens (tertiary/aromatic N) is 1. The number of hydrogen-bond donors (Lipinski definition) is 0. The molecule has 0 aliphatic carbocycles. The normalized spacial score (nSPS) is 18.0. The average molecular weight is 247 g/mol. The summed E-state index contributed by atoms with van der Waals surface area (Å²) in [7, 11) is 0. The van der Waals surface area contributed by atoms with Crippen molar-refractivity contribution >= 4 is 12.1 Å². The van der Waals surface area contributed by atoms with Gasteiger partial charge in [-0.3, -0.25) is 4.90 Å². The van der Waals surface area contributed by atoms with Gasteiger partial charge in [-0.05, 0) is 31.6 Å². The highest BCUT2D eigenvalue weighted by atomic mass is 16.6. The van der Waals surface area contributed by atoms with Crippen molar-refractivity contribution in [3.8, 4) is 0 Å². The van der Waals surface area contributed by atoms with Crippen LogP contribution >= 0.6 is 0 Å².